The van der Waals surface area contributed by atoms with Crippen molar-refractivity contribution in [2.24, 2.45) is 0 Å². The first-order valence-corrected chi connectivity index (χ1v) is 17.4. The lowest BCUT2D eigenvalue weighted by atomic mass is 9.99. The van der Waals surface area contributed by atoms with Crippen LogP contribution in [-0.4, -0.2) is 0 Å². The summed E-state index contributed by atoms with van der Waals surface area (Å²) in [4.78, 5) is 0. The van der Waals surface area contributed by atoms with E-state index in [0.29, 0.717) is 0 Å². The molecule has 0 aliphatic carbocycles. The summed E-state index contributed by atoms with van der Waals surface area (Å²) in [6.07, 6.45) is -0.559. The fourth-order valence-corrected chi connectivity index (χ4v) is 8.07. The van der Waals surface area contributed by atoms with E-state index in [0.717, 1.165) is 93.6 Å². The van der Waals surface area contributed by atoms with Crippen LogP contribution >= 0.6 is 0 Å². The second kappa shape index (κ2) is 11.2. The van der Waals surface area contributed by atoms with Crippen LogP contribution in [0.4, 0.5) is 0 Å². The van der Waals surface area contributed by atoms with Crippen molar-refractivity contribution in [2.75, 3.05) is 0 Å². The van der Waals surface area contributed by atoms with Crippen molar-refractivity contribution in [3.63, 3.8) is 0 Å². The Kier molecular flexibility index (Phi) is 6.27. The van der Waals surface area contributed by atoms with Gasteiger partial charge in [-0.3, -0.25) is 16.0 Å². The Morgan fingerprint density at radius 2 is 0.961 bits per heavy atom. The maximum Gasteiger partial charge on any atom is 0.143 e. The molecule has 6 heteroatoms. The molecule has 0 amide bonds. The largest absolute Gasteiger partial charge is 0.456 e. The third-order valence-electron chi connectivity index (χ3n) is 10.4. The number of nitrogens with one attached hydrogen (secondary N) is 3. The van der Waals surface area contributed by atoms with E-state index in [1.54, 1.807) is 0 Å². The lowest BCUT2D eigenvalue weighted by Gasteiger charge is -2.39. The number of furan rings is 3. The summed E-state index contributed by atoms with van der Waals surface area (Å²) in [6.45, 7) is 0. The Hall–Kier alpha value is -6.18. The number of para-hydroxylation sites is 4. The molecule has 0 saturated carbocycles. The summed E-state index contributed by atoms with van der Waals surface area (Å²) in [5.74, 6) is 0. The van der Waals surface area contributed by atoms with Gasteiger partial charge in [-0.05, 0) is 47.0 Å². The van der Waals surface area contributed by atoms with E-state index in [-0.39, 0.29) is 18.5 Å². The predicted octanol–water partition coefficient (Wildman–Crippen LogP) is 11.2. The molecular formula is C45H31N3O3. The monoisotopic (exact) mass is 661 g/mol. The third kappa shape index (κ3) is 4.48. The summed E-state index contributed by atoms with van der Waals surface area (Å²) in [6, 6.07) is 52.5. The van der Waals surface area contributed by atoms with Crippen molar-refractivity contribution in [2.45, 2.75) is 18.5 Å². The van der Waals surface area contributed by atoms with Gasteiger partial charge in [-0.25, -0.2) is 0 Å². The second-order valence-corrected chi connectivity index (χ2v) is 13.3. The second-order valence-electron chi connectivity index (χ2n) is 13.3. The molecule has 3 aromatic heterocycles. The molecule has 3 N–H and O–H groups in total. The SMILES string of the molecule is c1ccc(C2NC(c3cccc4c3oc3cc(-c5cccc6c5oc5ccccc56)ccc34)NC(c3cccc4oc5ccccc5c34)N2)cc1. The van der Waals surface area contributed by atoms with Crippen LogP contribution in [0.2, 0.25) is 0 Å². The first kappa shape index (κ1) is 28.6. The normalized spacial score (nSPS) is 18.2. The first-order valence-electron chi connectivity index (χ1n) is 17.4. The molecule has 1 saturated heterocycles. The fourth-order valence-electron chi connectivity index (χ4n) is 8.07. The minimum atomic E-state index is -0.233. The van der Waals surface area contributed by atoms with Gasteiger partial charge < -0.3 is 13.3 Å². The number of hydrogen-bond donors (Lipinski definition) is 3. The molecule has 3 atom stereocenters. The van der Waals surface area contributed by atoms with Crippen molar-refractivity contribution < 1.29 is 13.3 Å². The van der Waals surface area contributed by atoms with E-state index in [4.69, 9.17) is 13.3 Å². The van der Waals surface area contributed by atoms with Crippen LogP contribution in [0.25, 0.3) is 76.9 Å². The summed E-state index contributed by atoms with van der Waals surface area (Å²) in [5, 5.41) is 18.2. The van der Waals surface area contributed by atoms with E-state index >= 15 is 0 Å². The summed E-state index contributed by atoms with van der Waals surface area (Å²) in [7, 11) is 0. The molecule has 1 fully saturated rings. The minimum absolute atomic E-state index is 0.133. The Bertz CT molecular complexity index is 2940. The van der Waals surface area contributed by atoms with Gasteiger partial charge in [0.2, 0.25) is 0 Å². The van der Waals surface area contributed by atoms with Crippen LogP contribution in [0.5, 0.6) is 0 Å². The topological polar surface area (TPSA) is 75.5 Å². The zero-order valence-electron chi connectivity index (χ0n) is 27.4. The summed E-state index contributed by atoms with van der Waals surface area (Å²) < 4.78 is 19.5. The van der Waals surface area contributed by atoms with E-state index in [1.165, 1.54) is 0 Å². The van der Waals surface area contributed by atoms with Gasteiger partial charge in [-0.15, -0.1) is 0 Å². The van der Waals surface area contributed by atoms with Crippen molar-refractivity contribution in [1.29, 1.82) is 0 Å². The summed E-state index contributed by atoms with van der Waals surface area (Å²) in [5.41, 5.74) is 10.6. The van der Waals surface area contributed by atoms with E-state index < -0.39 is 0 Å². The molecule has 0 bridgehead atoms. The van der Waals surface area contributed by atoms with Gasteiger partial charge >= 0.3 is 0 Å². The van der Waals surface area contributed by atoms with Crippen LogP contribution in [-0.2, 0) is 0 Å². The molecule has 0 spiro atoms. The van der Waals surface area contributed by atoms with Gasteiger partial charge in [0.05, 0.1) is 18.5 Å². The van der Waals surface area contributed by atoms with Gasteiger partial charge in [-0.1, -0.05) is 121 Å². The highest BCUT2D eigenvalue weighted by Gasteiger charge is 2.33. The van der Waals surface area contributed by atoms with Crippen LogP contribution in [0.3, 0.4) is 0 Å². The zero-order chi connectivity index (χ0) is 33.5. The van der Waals surface area contributed by atoms with Gasteiger partial charge in [0.15, 0.2) is 0 Å². The lowest BCUT2D eigenvalue weighted by Crippen LogP contribution is -2.54. The summed E-state index contributed by atoms with van der Waals surface area (Å²) >= 11 is 0. The Morgan fingerprint density at radius 1 is 0.373 bits per heavy atom. The molecule has 3 unspecified atom stereocenters. The maximum atomic E-state index is 6.82. The Balaban J connectivity index is 1.04. The van der Waals surface area contributed by atoms with Crippen LogP contribution < -0.4 is 16.0 Å². The number of fused-ring (bicyclic) bond motifs is 9. The smallest absolute Gasteiger partial charge is 0.143 e. The van der Waals surface area contributed by atoms with Crippen LogP contribution in [0.15, 0.2) is 165 Å². The number of rotatable bonds is 4. The minimum Gasteiger partial charge on any atom is -0.456 e. The third-order valence-corrected chi connectivity index (χ3v) is 10.4. The average molecular weight is 662 g/mol. The zero-order valence-corrected chi connectivity index (χ0v) is 27.4. The molecule has 0 radical (unpaired) electrons. The lowest BCUT2D eigenvalue weighted by molar-refractivity contribution is 0.204. The van der Waals surface area contributed by atoms with Gasteiger partial charge in [0, 0.05) is 43.4 Å². The molecule has 11 rings (SSSR count). The van der Waals surface area contributed by atoms with Crippen LogP contribution in [0, 0.1) is 0 Å². The molecule has 244 valence electrons. The van der Waals surface area contributed by atoms with Gasteiger partial charge in [0.1, 0.15) is 33.5 Å². The number of benzene rings is 7. The Morgan fingerprint density at radius 3 is 1.82 bits per heavy atom. The van der Waals surface area contributed by atoms with Gasteiger partial charge in [0.25, 0.3) is 0 Å². The molecule has 51 heavy (non-hydrogen) atoms. The molecule has 6 nitrogen and oxygen atoms in total. The predicted molar refractivity (Wildman–Crippen MR) is 204 cm³/mol. The average Bonchev–Trinajstić information content (AvgIpc) is 3.89. The van der Waals surface area contributed by atoms with Crippen molar-refractivity contribution in [1.82, 2.24) is 16.0 Å². The molecule has 7 aromatic carbocycles. The van der Waals surface area contributed by atoms with E-state index in [9.17, 15) is 0 Å². The maximum absolute atomic E-state index is 6.82. The standard InChI is InChI=1S/C45H31N3O3/c1-2-11-26(12-3-1)43-46-44(34-18-10-22-38-40(34)33-14-5-7-21-37(33)49-38)48-45(47-43)35-19-9-17-32-30-24-23-27(25-39(30)51-42(32)35)28-15-8-16-31-29-13-4-6-20-36(29)50-41(28)31/h1-25,43-48H. The number of hydrogen-bond acceptors (Lipinski definition) is 6. The molecular weight excluding hydrogens is 631 g/mol. The first-order chi connectivity index (χ1) is 25.3. The highest BCUT2D eigenvalue weighted by molar-refractivity contribution is 6.11. The molecule has 1 aliphatic rings. The van der Waals surface area contributed by atoms with E-state index in [1.807, 2.05) is 30.3 Å². The van der Waals surface area contributed by atoms with Crippen LogP contribution in [0.1, 0.15) is 35.2 Å². The van der Waals surface area contributed by atoms with E-state index in [2.05, 4.69) is 137 Å². The van der Waals surface area contributed by atoms with Crippen molar-refractivity contribution >= 4 is 65.8 Å². The molecule has 4 heterocycles. The fraction of sp³-hybridized carbons (Fsp3) is 0.0667. The van der Waals surface area contributed by atoms with Crippen molar-refractivity contribution in [3.05, 3.63) is 168 Å². The van der Waals surface area contributed by atoms with Gasteiger partial charge in [-0.2, -0.15) is 0 Å². The molecule has 1 aliphatic heterocycles. The highest BCUT2D eigenvalue weighted by Crippen LogP contribution is 2.41. The molecule has 10 aromatic rings. The highest BCUT2D eigenvalue weighted by atomic mass is 16.3. The quantitative estimate of drug-likeness (QED) is 0.174. The Labute approximate surface area is 292 Å². The van der Waals surface area contributed by atoms with Crippen molar-refractivity contribution in [3.8, 4) is 11.1 Å².